The van der Waals surface area contributed by atoms with Crippen molar-refractivity contribution in [3.63, 3.8) is 0 Å². The van der Waals surface area contributed by atoms with Gasteiger partial charge < -0.3 is 0 Å². The third kappa shape index (κ3) is 2.03. The molecule has 0 aliphatic rings. The van der Waals surface area contributed by atoms with E-state index >= 15 is 0 Å². The van der Waals surface area contributed by atoms with E-state index in [0.29, 0.717) is 4.83 Å². The Morgan fingerprint density at radius 1 is 1.31 bits per heavy atom. The molecule has 0 aromatic carbocycles. The molecule has 0 radical (unpaired) electrons. The smallest absolute Gasteiger partial charge is 0.0831 e. The molecule has 0 saturated heterocycles. The second-order valence-corrected chi connectivity index (χ2v) is 5.74. The van der Waals surface area contributed by atoms with Crippen LogP contribution in [0.5, 0.6) is 0 Å². The van der Waals surface area contributed by atoms with Crippen molar-refractivity contribution in [3.05, 3.63) is 44.3 Å². The van der Waals surface area contributed by atoms with Crippen molar-refractivity contribution in [3.8, 4) is 0 Å². The van der Waals surface area contributed by atoms with Crippen molar-refractivity contribution in [1.29, 1.82) is 0 Å². The Kier molecular flexibility index (Phi) is 2.86. The van der Waals surface area contributed by atoms with Gasteiger partial charge in [-0.1, -0.05) is 22.0 Å². The first kappa shape index (κ1) is 9.44. The van der Waals surface area contributed by atoms with Crippen molar-refractivity contribution in [1.82, 2.24) is 0 Å². The molecule has 13 heavy (non-hydrogen) atoms. The standard InChI is InChI=1S/C10H9BrS2/c1-7-5-9(13-6-7)10(11)8-3-2-4-12-8/h2-6,10H,1H3. The Labute approximate surface area is 94.4 Å². The topological polar surface area (TPSA) is 0 Å². The van der Waals surface area contributed by atoms with Gasteiger partial charge in [0.05, 0.1) is 4.83 Å². The number of hydrogen-bond acceptors (Lipinski definition) is 2. The summed E-state index contributed by atoms with van der Waals surface area (Å²) < 4.78 is 0. The molecule has 2 aromatic heterocycles. The highest BCUT2D eigenvalue weighted by Gasteiger charge is 2.12. The summed E-state index contributed by atoms with van der Waals surface area (Å²) in [7, 11) is 0. The Balaban J connectivity index is 2.28. The fourth-order valence-corrected chi connectivity index (χ4v) is 3.78. The highest BCUT2D eigenvalue weighted by Crippen LogP contribution is 2.36. The Morgan fingerprint density at radius 3 is 2.69 bits per heavy atom. The zero-order chi connectivity index (χ0) is 9.26. The van der Waals surface area contributed by atoms with Gasteiger partial charge in [0.2, 0.25) is 0 Å². The summed E-state index contributed by atoms with van der Waals surface area (Å²) in [6, 6.07) is 6.50. The maximum Gasteiger partial charge on any atom is 0.0831 e. The molecule has 0 spiro atoms. The first-order chi connectivity index (χ1) is 6.27. The van der Waals surface area contributed by atoms with Crippen LogP contribution in [-0.4, -0.2) is 0 Å². The molecule has 0 fully saturated rings. The van der Waals surface area contributed by atoms with Crippen LogP contribution in [0.15, 0.2) is 29.0 Å². The molecule has 0 bridgehead atoms. The van der Waals surface area contributed by atoms with Gasteiger partial charge >= 0.3 is 0 Å². The molecule has 0 N–H and O–H groups in total. The van der Waals surface area contributed by atoms with E-state index in [2.05, 4.69) is 51.8 Å². The third-order valence-corrected chi connectivity index (χ3v) is 5.44. The van der Waals surface area contributed by atoms with E-state index < -0.39 is 0 Å². The van der Waals surface area contributed by atoms with Gasteiger partial charge in [0.15, 0.2) is 0 Å². The van der Waals surface area contributed by atoms with E-state index in [1.165, 1.54) is 15.3 Å². The molecule has 2 heterocycles. The van der Waals surface area contributed by atoms with Gasteiger partial charge in [0.1, 0.15) is 0 Å². The van der Waals surface area contributed by atoms with Crippen molar-refractivity contribution >= 4 is 38.6 Å². The molecule has 2 rings (SSSR count). The molecule has 68 valence electrons. The Bertz CT molecular complexity index is 375. The quantitative estimate of drug-likeness (QED) is 0.701. The molecule has 0 saturated carbocycles. The van der Waals surface area contributed by atoms with Crippen LogP contribution in [0.1, 0.15) is 20.1 Å². The monoisotopic (exact) mass is 272 g/mol. The average Bonchev–Trinajstić information content (AvgIpc) is 2.72. The predicted octanol–water partition coefficient (Wildman–Crippen LogP) is 4.60. The molecule has 0 nitrogen and oxygen atoms in total. The molecule has 0 aliphatic carbocycles. The highest BCUT2D eigenvalue weighted by molar-refractivity contribution is 9.09. The molecule has 1 atom stereocenters. The molecule has 1 unspecified atom stereocenters. The van der Waals surface area contributed by atoms with Gasteiger partial charge in [-0.3, -0.25) is 0 Å². The summed E-state index contributed by atoms with van der Waals surface area (Å²) in [6.07, 6.45) is 0. The van der Waals surface area contributed by atoms with E-state index in [1.807, 2.05) is 11.3 Å². The van der Waals surface area contributed by atoms with Crippen LogP contribution in [0.25, 0.3) is 0 Å². The number of hydrogen-bond donors (Lipinski definition) is 0. The van der Waals surface area contributed by atoms with Crippen LogP contribution in [0.3, 0.4) is 0 Å². The van der Waals surface area contributed by atoms with Crippen LogP contribution in [0, 0.1) is 6.92 Å². The third-order valence-electron chi connectivity index (χ3n) is 1.79. The van der Waals surface area contributed by atoms with Crippen LogP contribution in [0.2, 0.25) is 0 Å². The van der Waals surface area contributed by atoms with E-state index in [0.717, 1.165) is 0 Å². The van der Waals surface area contributed by atoms with Crippen molar-refractivity contribution in [2.24, 2.45) is 0 Å². The zero-order valence-corrected chi connectivity index (χ0v) is 10.4. The first-order valence-electron chi connectivity index (χ1n) is 4.00. The predicted molar refractivity (Wildman–Crippen MR) is 64.1 cm³/mol. The Hall–Kier alpha value is -0.120. The maximum atomic E-state index is 3.71. The molecular formula is C10H9BrS2. The summed E-state index contributed by atoms with van der Waals surface area (Å²) in [4.78, 5) is 3.15. The van der Waals surface area contributed by atoms with E-state index in [9.17, 15) is 0 Å². The lowest BCUT2D eigenvalue weighted by atomic mass is 10.2. The van der Waals surface area contributed by atoms with Crippen molar-refractivity contribution < 1.29 is 0 Å². The van der Waals surface area contributed by atoms with E-state index in [4.69, 9.17) is 0 Å². The van der Waals surface area contributed by atoms with Crippen molar-refractivity contribution in [2.75, 3.05) is 0 Å². The van der Waals surface area contributed by atoms with E-state index in [1.54, 1.807) is 11.3 Å². The first-order valence-corrected chi connectivity index (χ1v) is 6.67. The molecule has 3 heteroatoms. The minimum atomic E-state index is 0.381. The lowest BCUT2D eigenvalue weighted by Gasteiger charge is -2.02. The minimum absolute atomic E-state index is 0.381. The zero-order valence-electron chi connectivity index (χ0n) is 7.16. The lowest BCUT2D eigenvalue weighted by Crippen LogP contribution is -1.83. The van der Waals surface area contributed by atoms with Crippen LogP contribution < -0.4 is 0 Å². The lowest BCUT2D eigenvalue weighted by molar-refractivity contribution is 1.28. The Morgan fingerprint density at radius 2 is 2.15 bits per heavy atom. The van der Waals surface area contributed by atoms with Gasteiger partial charge in [-0.25, -0.2) is 0 Å². The van der Waals surface area contributed by atoms with Gasteiger partial charge in [0.25, 0.3) is 0 Å². The fourth-order valence-electron chi connectivity index (χ4n) is 1.16. The molecular weight excluding hydrogens is 264 g/mol. The van der Waals surface area contributed by atoms with Crippen LogP contribution in [0.4, 0.5) is 0 Å². The van der Waals surface area contributed by atoms with Gasteiger partial charge in [-0.05, 0) is 35.4 Å². The van der Waals surface area contributed by atoms with Gasteiger partial charge in [-0.15, -0.1) is 22.7 Å². The summed E-state index contributed by atoms with van der Waals surface area (Å²) >= 11 is 7.32. The van der Waals surface area contributed by atoms with Gasteiger partial charge in [0, 0.05) is 9.75 Å². The number of aryl methyl sites for hydroxylation is 1. The van der Waals surface area contributed by atoms with Gasteiger partial charge in [-0.2, -0.15) is 0 Å². The summed E-state index contributed by atoms with van der Waals surface area (Å²) in [5, 5.41) is 4.31. The maximum absolute atomic E-state index is 3.71. The summed E-state index contributed by atoms with van der Waals surface area (Å²) in [5.41, 5.74) is 1.35. The average molecular weight is 273 g/mol. The van der Waals surface area contributed by atoms with Crippen LogP contribution in [-0.2, 0) is 0 Å². The van der Waals surface area contributed by atoms with E-state index in [-0.39, 0.29) is 0 Å². The summed E-state index contributed by atoms with van der Waals surface area (Å²) in [6.45, 7) is 2.13. The molecule has 0 amide bonds. The number of rotatable bonds is 2. The second kappa shape index (κ2) is 3.95. The molecule has 0 aliphatic heterocycles. The second-order valence-electron chi connectivity index (χ2n) is 2.90. The largest absolute Gasteiger partial charge is 0.147 e. The number of thiophene rings is 2. The van der Waals surface area contributed by atoms with Crippen LogP contribution >= 0.6 is 38.6 Å². The normalized spacial score (nSPS) is 13.1. The SMILES string of the molecule is Cc1csc(C(Br)c2cccs2)c1. The number of halogens is 1. The fraction of sp³-hybridized carbons (Fsp3) is 0.200. The minimum Gasteiger partial charge on any atom is -0.147 e. The highest BCUT2D eigenvalue weighted by atomic mass is 79.9. The summed E-state index contributed by atoms with van der Waals surface area (Å²) in [5.74, 6) is 0. The van der Waals surface area contributed by atoms with Crippen molar-refractivity contribution in [2.45, 2.75) is 11.8 Å². The molecule has 2 aromatic rings. The number of alkyl halides is 1.